The predicted octanol–water partition coefficient (Wildman–Crippen LogP) is 4.80. The molecule has 2 N–H and O–H groups in total. The summed E-state index contributed by atoms with van der Waals surface area (Å²) in [6, 6.07) is 9.01. The molecular formula is C22H23BrF2N4. The maximum absolute atomic E-state index is 14.8. The third kappa shape index (κ3) is 4.36. The van der Waals surface area contributed by atoms with E-state index in [1.54, 1.807) is 11.1 Å². The number of hydrogen-bond donors (Lipinski definition) is 2. The summed E-state index contributed by atoms with van der Waals surface area (Å²) in [6.07, 6.45) is 3.60. The number of hydrogen-bond acceptors (Lipinski definition) is 4. The fraction of sp³-hybridized carbons (Fsp3) is 0.318. The summed E-state index contributed by atoms with van der Waals surface area (Å²) in [4.78, 5) is 6.14. The number of piperazine rings is 1. The summed E-state index contributed by atoms with van der Waals surface area (Å²) in [5, 5.41) is 6.42. The van der Waals surface area contributed by atoms with Gasteiger partial charge in [-0.15, -0.1) is 0 Å². The second-order valence-electron chi connectivity index (χ2n) is 7.68. The molecule has 7 heteroatoms. The standard InChI is InChI=1S/C22H23BrF2N4/c1-13-11-29(12-14(2)28-13)22-20(24)6-18(7-21(22)25)27-10-16-9-26-8-15-3-4-17(23)5-19(15)16/h3-8,10,13-14,27-28H,9,11-12H2,1-2H3/b16-10+/t13-,14+. The molecule has 4 nitrogen and oxygen atoms in total. The van der Waals surface area contributed by atoms with Crippen LogP contribution in [0.15, 0.2) is 46.0 Å². The fourth-order valence-electron chi connectivity index (χ4n) is 4.00. The monoisotopic (exact) mass is 460 g/mol. The lowest BCUT2D eigenvalue weighted by Gasteiger charge is -2.37. The van der Waals surface area contributed by atoms with Crippen LogP contribution < -0.4 is 15.5 Å². The van der Waals surface area contributed by atoms with Crippen molar-refractivity contribution in [1.29, 1.82) is 0 Å². The first kappa shape index (κ1) is 20.0. The molecule has 0 unspecified atom stereocenters. The largest absolute Gasteiger partial charge is 0.364 e. The van der Waals surface area contributed by atoms with Crippen molar-refractivity contribution in [2.75, 3.05) is 29.9 Å². The van der Waals surface area contributed by atoms with Gasteiger partial charge in [0.2, 0.25) is 0 Å². The Morgan fingerprint density at radius 3 is 2.52 bits per heavy atom. The van der Waals surface area contributed by atoms with E-state index in [9.17, 15) is 8.78 Å². The SMILES string of the molecule is C[C@@H]1CN(c2c(F)cc(N/C=C3\CN=Cc4ccc(Br)cc43)cc2F)C[C@H](C)N1. The zero-order valence-electron chi connectivity index (χ0n) is 16.3. The van der Waals surface area contributed by atoms with Crippen molar-refractivity contribution in [3.63, 3.8) is 0 Å². The molecule has 2 heterocycles. The molecule has 0 bridgehead atoms. The number of benzene rings is 2. The van der Waals surface area contributed by atoms with Gasteiger partial charge in [0.05, 0.1) is 6.54 Å². The highest BCUT2D eigenvalue weighted by Crippen LogP contribution is 2.30. The number of anilines is 2. The molecule has 0 saturated carbocycles. The van der Waals surface area contributed by atoms with Gasteiger partial charge >= 0.3 is 0 Å². The molecule has 0 spiro atoms. The summed E-state index contributed by atoms with van der Waals surface area (Å²) in [7, 11) is 0. The molecule has 1 fully saturated rings. The van der Waals surface area contributed by atoms with Gasteiger partial charge in [-0.25, -0.2) is 8.78 Å². The van der Waals surface area contributed by atoms with E-state index >= 15 is 0 Å². The average Bonchev–Trinajstić information content (AvgIpc) is 2.65. The Labute approximate surface area is 177 Å². The van der Waals surface area contributed by atoms with Gasteiger partial charge in [0.1, 0.15) is 5.69 Å². The summed E-state index contributed by atoms with van der Waals surface area (Å²) >= 11 is 3.49. The van der Waals surface area contributed by atoms with Crippen LogP contribution in [0.4, 0.5) is 20.2 Å². The third-order valence-corrected chi connectivity index (χ3v) is 5.65. The topological polar surface area (TPSA) is 39.7 Å². The highest BCUT2D eigenvalue weighted by molar-refractivity contribution is 9.10. The Kier molecular flexibility index (Phi) is 5.69. The van der Waals surface area contributed by atoms with E-state index in [0.29, 0.717) is 25.3 Å². The van der Waals surface area contributed by atoms with Crippen molar-refractivity contribution >= 4 is 39.1 Å². The van der Waals surface area contributed by atoms with Crippen molar-refractivity contribution < 1.29 is 8.78 Å². The lowest BCUT2D eigenvalue weighted by Crippen LogP contribution is -2.54. The highest BCUT2D eigenvalue weighted by atomic mass is 79.9. The van der Waals surface area contributed by atoms with E-state index in [1.165, 1.54) is 12.1 Å². The molecule has 2 aromatic carbocycles. The molecule has 4 rings (SSSR count). The van der Waals surface area contributed by atoms with E-state index in [0.717, 1.165) is 21.2 Å². The number of rotatable bonds is 3. The summed E-state index contributed by atoms with van der Waals surface area (Å²) in [6.45, 7) is 5.68. The maximum atomic E-state index is 14.8. The lowest BCUT2D eigenvalue weighted by atomic mass is 9.99. The van der Waals surface area contributed by atoms with Crippen LogP contribution in [0.25, 0.3) is 5.57 Å². The third-order valence-electron chi connectivity index (χ3n) is 5.16. The fourth-order valence-corrected chi connectivity index (χ4v) is 4.36. The maximum Gasteiger partial charge on any atom is 0.151 e. The second kappa shape index (κ2) is 8.24. The molecule has 0 radical (unpaired) electrons. The molecular weight excluding hydrogens is 438 g/mol. The van der Waals surface area contributed by atoms with E-state index in [2.05, 4.69) is 31.6 Å². The number of nitrogens with zero attached hydrogens (tertiary/aromatic N) is 2. The second-order valence-corrected chi connectivity index (χ2v) is 8.59. The van der Waals surface area contributed by atoms with Gasteiger partial charge in [0.15, 0.2) is 11.6 Å². The summed E-state index contributed by atoms with van der Waals surface area (Å²) in [5.41, 5.74) is 3.43. The Bertz CT molecular complexity index is 956. The van der Waals surface area contributed by atoms with Crippen LogP contribution in [0, 0.1) is 11.6 Å². The minimum Gasteiger partial charge on any atom is -0.364 e. The molecule has 1 saturated heterocycles. The Hall–Kier alpha value is -2.25. The van der Waals surface area contributed by atoms with Crippen molar-refractivity contribution in [1.82, 2.24) is 5.32 Å². The molecule has 0 aromatic heterocycles. The first-order valence-corrected chi connectivity index (χ1v) is 10.5. The Balaban J connectivity index is 1.58. The lowest BCUT2D eigenvalue weighted by molar-refractivity contribution is 0.400. The number of aliphatic imine (C=N–C) groups is 1. The smallest absolute Gasteiger partial charge is 0.151 e. The number of fused-ring (bicyclic) bond motifs is 1. The van der Waals surface area contributed by atoms with Crippen LogP contribution in [0.1, 0.15) is 25.0 Å². The molecule has 0 aliphatic carbocycles. The van der Waals surface area contributed by atoms with Crippen LogP contribution in [0.2, 0.25) is 0 Å². The molecule has 29 heavy (non-hydrogen) atoms. The quantitative estimate of drug-likeness (QED) is 0.690. The van der Waals surface area contributed by atoms with Crippen LogP contribution in [-0.2, 0) is 0 Å². The summed E-state index contributed by atoms with van der Waals surface area (Å²) < 4.78 is 30.6. The minimum atomic E-state index is -0.558. The zero-order valence-corrected chi connectivity index (χ0v) is 17.9. The van der Waals surface area contributed by atoms with Gasteiger partial charge in [0, 0.05) is 47.7 Å². The van der Waals surface area contributed by atoms with E-state index in [1.807, 2.05) is 38.3 Å². The molecule has 152 valence electrons. The number of halogens is 3. The first-order chi connectivity index (χ1) is 13.9. The van der Waals surface area contributed by atoms with Gasteiger partial charge in [0.25, 0.3) is 0 Å². The normalized spacial score (nSPS) is 22.7. The van der Waals surface area contributed by atoms with Crippen molar-refractivity contribution in [2.24, 2.45) is 4.99 Å². The average molecular weight is 461 g/mol. The van der Waals surface area contributed by atoms with Gasteiger partial charge in [-0.2, -0.15) is 0 Å². The van der Waals surface area contributed by atoms with Crippen LogP contribution in [0.5, 0.6) is 0 Å². The van der Waals surface area contributed by atoms with Crippen molar-refractivity contribution in [3.8, 4) is 0 Å². The molecule has 2 aliphatic heterocycles. The van der Waals surface area contributed by atoms with Gasteiger partial charge in [-0.05, 0) is 54.8 Å². The molecule has 2 aromatic rings. The van der Waals surface area contributed by atoms with Crippen LogP contribution in [0.3, 0.4) is 0 Å². The highest BCUT2D eigenvalue weighted by Gasteiger charge is 2.26. The summed E-state index contributed by atoms with van der Waals surface area (Å²) in [5.74, 6) is -1.12. The van der Waals surface area contributed by atoms with Crippen LogP contribution in [-0.4, -0.2) is 37.9 Å². The van der Waals surface area contributed by atoms with Crippen molar-refractivity contribution in [2.45, 2.75) is 25.9 Å². The van der Waals surface area contributed by atoms with E-state index in [-0.39, 0.29) is 17.8 Å². The minimum absolute atomic E-state index is 0.0416. The first-order valence-electron chi connectivity index (χ1n) is 9.66. The van der Waals surface area contributed by atoms with Gasteiger partial charge in [-0.1, -0.05) is 22.0 Å². The zero-order chi connectivity index (χ0) is 20.5. The van der Waals surface area contributed by atoms with E-state index < -0.39 is 11.6 Å². The molecule has 2 atom stereocenters. The number of nitrogens with one attached hydrogen (secondary N) is 2. The molecule has 2 aliphatic rings. The van der Waals surface area contributed by atoms with E-state index in [4.69, 9.17) is 0 Å². The Morgan fingerprint density at radius 2 is 1.83 bits per heavy atom. The molecule has 0 amide bonds. The van der Waals surface area contributed by atoms with Gasteiger partial charge < -0.3 is 15.5 Å². The Morgan fingerprint density at radius 1 is 1.14 bits per heavy atom. The van der Waals surface area contributed by atoms with Crippen molar-refractivity contribution in [3.05, 3.63) is 63.8 Å². The van der Waals surface area contributed by atoms with Gasteiger partial charge in [-0.3, -0.25) is 4.99 Å². The van der Waals surface area contributed by atoms with Crippen LogP contribution >= 0.6 is 15.9 Å². The predicted molar refractivity (Wildman–Crippen MR) is 119 cm³/mol.